The Morgan fingerprint density at radius 2 is 2.12 bits per heavy atom. The Morgan fingerprint density at radius 1 is 1.38 bits per heavy atom. The third-order valence-electron chi connectivity index (χ3n) is 3.60. The van der Waals surface area contributed by atoms with E-state index in [1.807, 2.05) is 6.08 Å². The van der Waals surface area contributed by atoms with Crippen molar-refractivity contribution in [3.63, 3.8) is 0 Å². The number of fused-ring (bicyclic) bond motifs is 1. The van der Waals surface area contributed by atoms with Crippen molar-refractivity contribution in [2.75, 3.05) is 0 Å². The maximum atomic E-state index is 10.1. The summed E-state index contributed by atoms with van der Waals surface area (Å²) in [7, 11) is 0. The fourth-order valence-corrected chi connectivity index (χ4v) is 2.58. The van der Waals surface area contributed by atoms with Gasteiger partial charge in [0.15, 0.2) is 0 Å². The van der Waals surface area contributed by atoms with Crippen LogP contribution in [0.1, 0.15) is 30.4 Å². The summed E-state index contributed by atoms with van der Waals surface area (Å²) in [5.41, 5.74) is 2.89. The summed E-state index contributed by atoms with van der Waals surface area (Å²) in [4.78, 5) is 0. The predicted molar refractivity (Wildman–Crippen MR) is 67.4 cm³/mol. The van der Waals surface area contributed by atoms with Gasteiger partial charge in [-0.15, -0.1) is 6.58 Å². The van der Waals surface area contributed by atoms with Gasteiger partial charge in [-0.1, -0.05) is 30.3 Å². The Bertz CT molecular complexity index is 356. The molecular formula is C15H20O. The number of rotatable bonds is 4. The normalized spacial score (nSPS) is 21.2. The molecule has 1 aliphatic rings. The van der Waals surface area contributed by atoms with Gasteiger partial charge in [0.1, 0.15) is 0 Å². The van der Waals surface area contributed by atoms with Crippen LogP contribution in [0.5, 0.6) is 0 Å². The van der Waals surface area contributed by atoms with E-state index in [1.165, 1.54) is 11.1 Å². The van der Waals surface area contributed by atoms with Crippen molar-refractivity contribution in [2.45, 2.75) is 38.2 Å². The van der Waals surface area contributed by atoms with Crippen LogP contribution in [-0.2, 0) is 12.8 Å². The van der Waals surface area contributed by atoms with Crippen molar-refractivity contribution in [3.05, 3.63) is 48.0 Å². The van der Waals surface area contributed by atoms with Gasteiger partial charge in [0.2, 0.25) is 0 Å². The van der Waals surface area contributed by atoms with Crippen LogP contribution in [0.3, 0.4) is 0 Å². The third-order valence-corrected chi connectivity index (χ3v) is 3.60. The third kappa shape index (κ3) is 2.53. The molecular weight excluding hydrogens is 196 g/mol. The van der Waals surface area contributed by atoms with E-state index in [-0.39, 0.29) is 6.10 Å². The van der Waals surface area contributed by atoms with Gasteiger partial charge in [-0.25, -0.2) is 0 Å². The zero-order valence-electron chi connectivity index (χ0n) is 9.73. The van der Waals surface area contributed by atoms with Gasteiger partial charge >= 0.3 is 0 Å². The summed E-state index contributed by atoms with van der Waals surface area (Å²) >= 11 is 0. The average molecular weight is 216 g/mol. The smallest absolute Gasteiger partial charge is 0.0574 e. The number of hydrogen-bond donors (Lipinski definition) is 1. The molecule has 0 heterocycles. The number of benzene rings is 1. The first-order chi connectivity index (χ1) is 7.81. The molecule has 2 rings (SSSR count). The summed E-state index contributed by atoms with van der Waals surface area (Å²) in [5, 5.41) is 10.1. The molecule has 16 heavy (non-hydrogen) atoms. The van der Waals surface area contributed by atoms with E-state index in [1.54, 1.807) is 0 Å². The topological polar surface area (TPSA) is 20.2 Å². The van der Waals surface area contributed by atoms with Gasteiger partial charge in [-0.05, 0) is 49.1 Å². The highest BCUT2D eigenvalue weighted by atomic mass is 16.3. The molecule has 0 saturated carbocycles. The standard InChI is InChI=1S/C15H20O/c1-2-3-8-15(16)14-10-9-12-6-4-5-7-13(12)11-14/h2,4-7,14-16H,1,3,8-11H2. The molecule has 86 valence electrons. The summed E-state index contributed by atoms with van der Waals surface area (Å²) in [6, 6.07) is 8.61. The molecule has 1 aromatic rings. The lowest BCUT2D eigenvalue weighted by molar-refractivity contribution is 0.0917. The molecule has 2 atom stereocenters. The van der Waals surface area contributed by atoms with Crippen LogP contribution < -0.4 is 0 Å². The molecule has 1 nitrogen and oxygen atoms in total. The lowest BCUT2D eigenvalue weighted by Crippen LogP contribution is -2.26. The summed E-state index contributed by atoms with van der Waals surface area (Å²) in [6.07, 6.45) is 6.78. The van der Waals surface area contributed by atoms with Crippen molar-refractivity contribution in [1.82, 2.24) is 0 Å². The van der Waals surface area contributed by atoms with E-state index in [0.29, 0.717) is 5.92 Å². The predicted octanol–water partition coefficient (Wildman–Crippen LogP) is 3.12. The first kappa shape index (κ1) is 11.4. The maximum Gasteiger partial charge on any atom is 0.0574 e. The molecule has 0 aliphatic heterocycles. The molecule has 0 saturated heterocycles. The van der Waals surface area contributed by atoms with Crippen LogP contribution in [0.2, 0.25) is 0 Å². The zero-order chi connectivity index (χ0) is 11.4. The van der Waals surface area contributed by atoms with E-state index in [4.69, 9.17) is 0 Å². The number of allylic oxidation sites excluding steroid dienone is 1. The molecule has 0 spiro atoms. The second-order valence-electron chi connectivity index (χ2n) is 4.70. The zero-order valence-corrected chi connectivity index (χ0v) is 9.73. The number of aryl methyl sites for hydroxylation is 1. The Kier molecular flexibility index (Phi) is 3.79. The van der Waals surface area contributed by atoms with Crippen LogP contribution in [0.15, 0.2) is 36.9 Å². The first-order valence-corrected chi connectivity index (χ1v) is 6.17. The lowest BCUT2D eigenvalue weighted by Gasteiger charge is -2.28. The second kappa shape index (κ2) is 5.31. The minimum atomic E-state index is -0.161. The molecule has 1 aromatic carbocycles. The summed E-state index contributed by atoms with van der Waals surface area (Å²) < 4.78 is 0. The fraction of sp³-hybridized carbons (Fsp3) is 0.467. The molecule has 0 amide bonds. The molecule has 0 radical (unpaired) electrons. The number of aliphatic hydroxyl groups is 1. The Morgan fingerprint density at radius 3 is 2.88 bits per heavy atom. The molecule has 1 heteroatoms. The van der Waals surface area contributed by atoms with Gasteiger partial charge < -0.3 is 5.11 Å². The Labute approximate surface area is 97.8 Å². The molecule has 2 unspecified atom stereocenters. The van der Waals surface area contributed by atoms with Crippen molar-refractivity contribution in [1.29, 1.82) is 0 Å². The van der Waals surface area contributed by atoms with E-state index >= 15 is 0 Å². The van der Waals surface area contributed by atoms with Crippen LogP contribution in [-0.4, -0.2) is 11.2 Å². The average Bonchev–Trinajstić information content (AvgIpc) is 2.35. The summed E-state index contributed by atoms with van der Waals surface area (Å²) in [6.45, 7) is 3.70. The van der Waals surface area contributed by atoms with Gasteiger partial charge in [0.05, 0.1) is 6.10 Å². The highest BCUT2D eigenvalue weighted by Gasteiger charge is 2.23. The van der Waals surface area contributed by atoms with E-state index in [2.05, 4.69) is 30.8 Å². The Balaban J connectivity index is 1.99. The second-order valence-corrected chi connectivity index (χ2v) is 4.70. The highest BCUT2D eigenvalue weighted by Crippen LogP contribution is 2.28. The van der Waals surface area contributed by atoms with Crippen LogP contribution in [0.4, 0.5) is 0 Å². The number of aliphatic hydroxyl groups excluding tert-OH is 1. The Hall–Kier alpha value is -1.08. The highest BCUT2D eigenvalue weighted by molar-refractivity contribution is 5.29. The van der Waals surface area contributed by atoms with Crippen molar-refractivity contribution < 1.29 is 5.11 Å². The van der Waals surface area contributed by atoms with Crippen molar-refractivity contribution in [2.24, 2.45) is 5.92 Å². The maximum absolute atomic E-state index is 10.1. The molecule has 0 fully saturated rings. The SMILES string of the molecule is C=CCCC(O)C1CCc2ccccc2C1. The van der Waals surface area contributed by atoms with Crippen LogP contribution in [0.25, 0.3) is 0 Å². The van der Waals surface area contributed by atoms with Gasteiger partial charge in [-0.2, -0.15) is 0 Å². The van der Waals surface area contributed by atoms with Crippen LogP contribution >= 0.6 is 0 Å². The quantitative estimate of drug-likeness (QED) is 0.767. The van der Waals surface area contributed by atoms with Crippen LogP contribution in [0, 0.1) is 5.92 Å². The molecule has 0 aromatic heterocycles. The number of hydrogen-bond acceptors (Lipinski definition) is 1. The summed E-state index contributed by atoms with van der Waals surface area (Å²) in [5.74, 6) is 0.440. The van der Waals surface area contributed by atoms with Crippen molar-refractivity contribution >= 4 is 0 Å². The fourth-order valence-electron chi connectivity index (χ4n) is 2.58. The monoisotopic (exact) mass is 216 g/mol. The minimum Gasteiger partial charge on any atom is -0.393 e. The van der Waals surface area contributed by atoms with E-state index < -0.39 is 0 Å². The van der Waals surface area contributed by atoms with E-state index in [0.717, 1.165) is 32.1 Å². The van der Waals surface area contributed by atoms with Gasteiger partial charge in [-0.3, -0.25) is 0 Å². The molecule has 1 aliphatic carbocycles. The van der Waals surface area contributed by atoms with E-state index in [9.17, 15) is 5.11 Å². The lowest BCUT2D eigenvalue weighted by atomic mass is 9.80. The van der Waals surface area contributed by atoms with Gasteiger partial charge in [0.25, 0.3) is 0 Å². The van der Waals surface area contributed by atoms with Crippen molar-refractivity contribution in [3.8, 4) is 0 Å². The largest absolute Gasteiger partial charge is 0.393 e. The molecule has 0 bridgehead atoms. The first-order valence-electron chi connectivity index (χ1n) is 6.17. The van der Waals surface area contributed by atoms with Gasteiger partial charge in [0, 0.05) is 0 Å². The molecule has 1 N–H and O–H groups in total. The minimum absolute atomic E-state index is 0.161.